The molecule has 0 atom stereocenters. The van der Waals surface area contributed by atoms with Gasteiger partial charge in [0.2, 0.25) is 0 Å². The molecule has 0 aliphatic heterocycles. The Morgan fingerprint density at radius 3 is 2.94 bits per heavy atom. The molecule has 0 saturated heterocycles. The van der Waals surface area contributed by atoms with Gasteiger partial charge in [-0.05, 0) is 64.3 Å². The highest BCUT2D eigenvalue weighted by atomic mass is 79.9. The highest BCUT2D eigenvalue weighted by Crippen LogP contribution is 2.25. The van der Waals surface area contributed by atoms with E-state index in [2.05, 4.69) is 51.1 Å². The van der Waals surface area contributed by atoms with Gasteiger partial charge in [0, 0.05) is 20.8 Å². The van der Waals surface area contributed by atoms with Crippen LogP contribution in [-0.2, 0) is 13.0 Å². The predicted octanol–water partition coefficient (Wildman–Crippen LogP) is 4.21. The van der Waals surface area contributed by atoms with Crippen molar-refractivity contribution >= 4 is 38.6 Å². The third kappa shape index (κ3) is 3.42. The molecule has 0 aliphatic carbocycles. The van der Waals surface area contributed by atoms with E-state index in [0.717, 1.165) is 19.5 Å². The molecule has 2 aromatic rings. The summed E-state index contributed by atoms with van der Waals surface area (Å²) in [5.41, 5.74) is 1.43. The summed E-state index contributed by atoms with van der Waals surface area (Å²) < 4.78 is 1.23. The molecule has 0 saturated carbocycles. The van der Waals surface area contributed by atoms with E-state index in [0.29, 0.717) is 0 Å². The van der Waals surface area contributed by atoms with Crippen LogP contribution >= 0.6 is 38.6 Å². The van der Waals surface area contributed by atoms with Crippen LogP contribution in [0, 0.1) is 6.92 Å². The Kier molecular flexibility index (Phi) is 4.58. The highest BCUT2D eigenvalue weighted by molar-refractivity contribution is 9.10. The first-order valence-electron chi connectivity index (χ1n) is 5.22. The van der Waals surface area contributed by atoms with Gasteiger partial charge in [0.25, 0.3) is 0 Å². The quantitative estimate of drug-likeness (QED) is 0.815. The summed E-state index contributed by atoms with van der Waals surface area (Å²) in [5, 5.41) is 7.82. The molecule has 86 valence electrons. The van der Waals surface area contributed by atoms with Crippen LogP contribution in [0.1, 0.15) is 15.3 Å². The summed E-state index contributed by atoms with van der Waals surface area (Å²) in [6, 6.07) is 4.40. The lowest BCUT2D eigenvalue weighted by Crippen LogP contribution is -2.15. The lowest BCUT2D eigenvalue weighted by Gasteiger charge is -2.01. The molecule has 2 aromatic heterocycles. The lowest BCUT2D eigenvalue weighted by molar-refractivity contribution is 0.694. The summed E-state index contributed by atoms with van der Waals surface area (Å²) in [5.74, 6) is 0. The van der Waals surface area contributed by atoms with Gasteiger partial charge < -0.3 is 5.32 Å². The zero-order valence-electron chi connectivity index (χ0n) is 9.13. The minimum atomic E-state index is 0.973. The maximum Gasteiger partial charge on any atom is 0.0314 e. The smallest absolute Gasteiger partial charge is 0.0314 e. The number of nitrogens with one attached hydrogen (secondary N) is 1. The molecule has 0 fully saturated rings. The molecular formula is C12H14BrNS2. The maximum atomic E-state index is 3.54. The lowest BCUT2D eigenvalue weighted by atomic mass is 10.2. The van der Waals surface area contributed by atoms with Crippen LogP contribution in [0.25, 0.3) is 0 Å². The van der Waals surface area contributed by atoms with E-state index in [-0.39, 0.29) is 0 Å². The first-order valence-corrected chi connectivity index (χ1v) is 7.77. The van der Waals surface area contributed by atoms with Gasteiger partial charge >= 0.3 is 0 Å². The van der Waals surface area contributed by atoms with E-state index in [4.69, 9.17) is 0 Å². The fourth-order valence-corrected chi connectivity index (χ4v) is 3.76. The number of hydrogen-bond donors (Lipinski definition) is 1. The number of thiophene rings is 2. The molecule has 0 radical (unpaired) electrons. The topological polar surface area (TPSA) is 12.0 Å². The Morgan fingerprint density at radius 1 is 1.44 bits per heavy atom. The van der Waals surface area contributed by atoms with E-state index >= 15 is 0 Å². The summed E-state index contributed by atoms with van der Waals surface area (Å²) in [6.07, 6.45) is 1.12. The number of halogens is 1. The standard InChI is InChI=1S/C12H14BrNS2/c1-9-12(13)6-11(16-9)7-14-4-2-10-3-5-15-8-10/h3,5-6,8,14H,2,4,7H2,1H3. The monoisotopic (exact) mass is 315 g/mol. The van der Waals surface area contributed by atoms with Gasteiger partial charge in [-0.2, -0.15) is 11.3 Å². The molecule has 0 unspecified atom stereocenters. The van der Waals surface area contributed by atoms with Crippen molar-refractivity contribution in [3.05, 3.63) is 42.7 Å². The zero-order chi connectivity index (χ0) is 11.4. The molecule has 1 nitrogen and oxygen atoms in total. The van der Waals surface area contributed by atoms with Crippen molar-refractivity contribution in [2.75, 3.05) is 6.54 Å². The number of aryl methyl sites for hydroxylation is 1. The minimum absolute atomic E-state index is 0.973. The molecule has 2 heterocycles. The third-order valence-corrected chi connectivity index (χ3v) is 5.25. The maximum absolute atomic E-state index is 3.54. The Hall–Kier alpha value is -0.160. The Morgan fingerprint density at radius 2 is 2.31 bits per heavy atom. The van der Waals surface area contributed by atoms with Crippen LogP contribution < -0.4 is 5.32 Å². The molecular weight excluding hydrogens is 302 g/mol. The van der Waals surface area contributed by atoms with Crippen LogP contribution in [-0.4, -0.2) is 6.54 Å². The van der Waals surface area contributed by atoms with Gasteiger partial charge in [-0.15, -0.1) is 11.3 Å². The van der Waals surface area contributed by atoms with Crippen molar-refractivity contribution < 1.29 is 0 Å². The number of rotatable bonds is 5. The largest absolute Gasteiger partial charge is 0.312 e. The van der Waals surface area contributed by atoms with Crippen molar-refractivity contribution in [2.45, 2.75) is 19.9 Å². The molecule has 1 N–H and O–H groups in total. The highest BCUT2D eigenvalue weighted by Gasteiger charge is 2.01. The normalized spacial score (nSPS) is 10.9. The summed E-state index contributed by atoms with van der Waals surface area (Å²) in [4.78, 5) is 2.75. The Bertz CT molecular complexity index is 414. The second kappa shape index (κ2) is 5.96. The van der Waals surface area contributed by atoms with Gasteiger partial charge in [-0.1, -0.05) is 0 Å². The molecule has 0 amide bonds. The SMILES string of the molecule is Cc1sc(CNCCc2ccsc2)cc1Br. The van der Waals surface area contributed by atoms with Crippen LogP contribution in [0.5, 0.6) is 0 Å². The van der Waals surface area contributed by atoms with E-state index in [1.165, 1.54) is 19.8 Å². The second-order valence-electron chi connectivity index (χ2n) is 3.68. The molecule has 0 aliphatic rings. The van der Waals surface area contributed by atoms with Gasteiger partial charge in [-0.3, -0.25) is 0 Å². The van der Waals surface area contributed by atoms with Crippen molar-refractivity contribution in [2.24, 2.45) is 0 Å². The summed E-state index contributed by atoms with van der Waals surface area (Å²) in [7, 11) is 0. The van der Waals surface area contributed by atoms with Crippen LogP contribution in [0.3, 0.4) is 0 Å². The predicted molar refractivity (Wildman–Crippen MR) is 76.5 cm³/mol. The van der Waals surface area contributed by atoms with Gasteiger partial charge in [0.05, 0.1) is 0 Å². The van der Waals surface area contributed by atoms with Gasteiger partial charge in [-0.25, -0.2) is 0 Å². The zero-order valence-corrected chi connectivity index (χ0v) is 12.3. The molecule has 0 bridgehead atoms. The van der Waals surface area contributed by atoms with Crippen molar-refractivity contribution in [3.8, 4) is 0 Å². The van der Waals surface area contributed by atoms with Gasteiger partial charge in [0.15, 0.2) is 0 Å². The van der Waals surface area contributed by atoms with E-state index < -0.39 is 0 Å². The van der Waals surface area contributed by atoms with Crippen molar-refractivity contribution in [3.63, 3.8) is 0 Å². The first-order chi connectivity index (χ1) is 7.75. The average molecular weight is 316 g/mol. The first kappa shape index (κ1) is 12.3. The minimum Gasteiger partial charge on any atom is -0.312 e. The fourth-order valence-electron chi connectivity index (χ4n) is 1.48. The fraction of sp³-hybridized carbons (Fsp3) is 0.333. The molecule has 4 heteroatoms. The molecule has 2 rings (SSSR count). The van der Waals surface area contributed by atoms with Crippen LogP contribution in [0.15, 0.2) is 27.4 Å². The molecule has 0 spiro atoms. The van der Waals surface area contributed by atoms with E-state index in [9.17, 15) is 0 Å². The summed E-state index contributed by atoms with van der Waals surface area (Å²) in [6.45, 7) is 4.16. The van der Waals surface area contributed by atoms with Crippen LogP contribution in [0.2, 0.25) is 0 Å². The second-order valence-corrected chi connectivity index (χ2v) is 6.65. The number of hydrogen-bond acceptors (Lipinski definition) is 3. The molecule has 16 heavy (non-hydrogen) atoms. The Labute approximate surface area is 113 Å². The van der Waals surface area contributed by atoms with Gasteiger partial charge in [0.1, 0.15) is 0 Å². The third-order valence-electron chi connectivity index (χ3n) is 2.38. The average Bonchev–Trinajstić information content (AvgIpc) is 2.85. The summed E-state index contributed by atoms with van der Waals surface area (Å²) >= 11 is 7.16. The van der Waals surface area contributed by atoms with E-state index in [1.54, 1.807) is 11.3 Å². The molecule has 0 aromatic carbocycles. The van der Waals surface area contributed by atoms with Crippen molar-refractivity contribution in [1.29, 1.82) is 0 Å². The van der Waals surface area contributed by atoms with E-state index in [1.807, 2.05) is 11.3 Å². The van der Waals surface area contributed by atoms with Crippen LogP contribution in [0.4, 0.5) is 0 Å². The Balaban J connectivity index is 1.72. The van der Waals surface area contributed by atoms with Crippen molar-refractivity contribution in [1.82, 2.24) is 5.32 Å².